The number of anilines is 2. The summed E-state index contributed by atoms with van der Waals surface area (Å²) in [5, 5.41) is 4.65. The minimum Gasteiger partial charge on any atom is -0.326 e. The van der Waals surface area contributed by atoms with Crippen LogP contribution in [0.3, 0.4) is 0 Å². The third-order valence-corrected chi connectivity index (χ3v) is 8.10. The highest BCUT2D eigenvalue weighted by molar-refractivity contribution is 7.70. The number of urea groups is 1. The quantitative estimate of drug-likeness (QED) is 0.266. The smallest absolute Gasteiger partial charge is 0.326 e. The lowest BCUT2D eigenvalue weighted by Gasteiger charge is -2.21. The molecule has 3 aromatic carbocycles. The van der Waals surface area contributed by atoms with Crippen molar-refractivity contribution in [2.45, 2.75) is 18.6 Å². The second-order valence-corrected chi connectivity index (χ2v) is 12.8. The standard InChI is InChI=1S/C26H22ClF5N3O3P/c1-39(2,38)21-6-4-3-5-15(21)16-8-10-20(23(29)22(16)27)35-12-11-19(24(35)36)34-25(37)33-18-9-7-14(13-17(18)28)26(30,31)32/h3-10,13,19H,11-12H2,1-2H3,(H2,33,34,37)/t19-/m1/s1. The maximum atomic E-state index is 15.4. The van der Waals surface area contributed by atoms with Crippen LogP contribution < -0.4 is 20.8 Å². The Hall–Kier alpha value is -3.43. The lowest BCUT2D eigenvalue weighted by atomic mass is 10.0. The van der Waals surface area contributed by atoms with Gasteiger partial charge in [-0.3, -0.25) is 4.79 Å². The summed E-state index contributed by atoms with van der Waals surface area (Å²) < 4.78 is 80.4. The number of hydrogen-bond acceptors (Lipinski definition) is 3. The van der Waals surface area contributed by atoms with Crippen molar-refractivity contribution in [3.63, 3.8) is 0 Å². The predicted octanol–water partition coefficient (Wildman–Crippen LogP) is 6.48. The fraction of sp³-hybridized carbons (Fsp3) is 0.231. The van der Waals surface area contributed by atoms with Crippen molar-refractivity contribution in [2.75, 3.05) is 30.1 Å². The molecule has 39 heavy (non-hydrogen) atoms. The fourth-order valence-corrected chi connectivity index (χ4v) is 5.77. The van der Waals surface area contributed by atoms with E-state index in [2.05, 4.69) is 10.6 Å². The van der Waals surface area contributed by atoms with Gasteiger partial charge >= 0.3 is 12.2 Å². The van der Waals surface area contributed by atoms with Crippen LogP contribution in [0.2, 0.25) is 5.02 Å². The lowest BCUT2D eigenvalue weighted by Crippen LogP contribution is -2.43. The molecule has 1 saturated heterocycles. The van der Waals surface area contributed by atoms with Gasteiger partial charge in [-0.1, -0.05) is 41.9 Å². The maximum absolute atomic E-state index is 15.4. The number of carbonyl (C=O) groups is 2. The summed E-state index contributed by atoms with van der Waals surface area (Å²) in [6.07, 6.45) is -4.67. The van der Waals surface area contributed by atoms with Crippen LogP contribution in [-0.2, 0) is 15.5 Å². The first-order valence-electron chi connectivity index (χ1n) is 11.6. The number of benzene rings is 3. The minimum absolute atomic E-state index is 0.0285. The molecular weight excluding hydrogens is 564 g/mol. The molecule has 13 heteroatoms. The molecule has 1 fully saturated rings. The van der Waals surface area contributed by atoms with Crippen LogP contribution in [0.15, 0.2) is 54.6 Å². The molecule has 6 nitrogen and oxygen atoms in total. The predicted molar refractivity (Wildman–Crippen MR) is 140 cm³/mol. The van der Waals surface area contributed by atoms with E-state index >= 15 is 4.39 Å². The summed E-state index contributed by atoms with van der Waals surface area (Å²) >= 11 is 6.36. The number of carbonyl (C=O) groups excluding carboxylic acids is 2. The monoisotopic (exact) mass is 585 g/mol. The van der Waals surface area contributed by atoms with E-state index in [0.717, 1.165) is 11.0 Å². The van der Waals surface area contributed by atoms with E-state index in [0.29, 0.717) is 22.5 Å². The highest BCUT2D eigenvalue weighted by Crippen LogP contribution is 2.42. The molecule has 3 aromatic rings. The Morgan fingerprint density at radius 3 is 2.38 bits per heavy atom. The summed E-state index contributed by atoms with van der Waals surface area (Å²) in [5.41, 5.74) is -1.06. The van der Waals surface area contributed by atoms with E-state index in [9.17, 15) is 31.7 Å². The van der Waals surface area contributed by atoms with Crippen molar-refractivity contribution in [2.24, 2.45) is 0 Å². The summed E-state index contributed by atoms with van der Waals surface area (Å²) in [7, 11) is -2.72. The highest BCUT2D eigenvalue weighted by atomic mass is 35.5. The van der Waals surface area contributed by atoms with Crippen LogP contribution in [-0.4, -0.2) is 37.9 Å². The van der Waals surface area contributed by atoms with Crippen LogP contribution in [0.4, 0.5) is 38.1 Å². The van der Waals surface area contributed by atoms with Gasteiger partial charge in [-0.25, -0.2) is 13.6 Å². The van der Waals surface area contributed by atoms with Crippen molar-refractivity contribution >= 4 is 47.4 Å². The van der Waals surface area contributed by atoms with Gasteiger partial charge in [0.25, 0.3) is 0 Å². The van der Waals surface area contributed by atoms with Crippen LogP contribution in [0, 0.1) is 11.6 Å². The molecule has 0 aromatic heterocycles. The van der Waals surface area contributed by atoms with E-state index in [4.69, 9.17) is 11.6 Å². The first-order valence-corrected chi connectivity index (χ1v) is 14.5. The Kier molecular flexibility index (Phi) is 7.78. The molecule has 0 radical (unpaired) electrons. The van der Waals surface area contributed by atoms with Crippen LogP contribution in [0.25, 0.3) is 11.1 Å². The molecule has 0 bridgehead atoms. The third-order valence-electron chi connectivity index (χ3n) is 6.18. The molecule has 1 aliphatic heterocycles. The average Bonchev–Trinajstić information content (AvgIpc) is 3.20. The van der Waals surface area contributed by atoms with Gasteiger partial charge in [-0.15, -0.1) is 0 Å². The van der Waals surface area contributed by atoms with Gasteiger partial charge in [0.2, 0.25) is 5.91 Å². The molecule has 0 aliphatic carbocycles. The first-order chi connectivity index (χ1) is 18.2. The lowest BCUT2D eigenvalue weighted by molar-refractivity contribution is -0.137. The van der Waals surface area contributed by atoms with Gasteiger partial charge in [0.1, 0.15) is 19.0 Å². The van der Waals surface area contributed by atoms with Crippen LogP contribution in [0.5, 0.6) is 0 Å². The summed E-state index contributed by atoms with van der Waals surface area (Å²) in [6, 6.07) is 9.14. The molecule has 1 atom stereocenters. The zero-order chi connectivity index (χ0) is 28.7. The number of alkyl halides is 3. The van der Waals surface area contributed by atoms with Gasteiger partial charge in [-0.05, 0) is 49.6 Å². The van der Waals surface area contributed by atoms with Gasteiger partial charge in [0.15, 0.2) is 5.82 Å². The summed E-state index contributed by atoms with van der Waals surface area (Å²) in [5.74, 6) is -2.84. The van der Waals surface area contributed by atoms with Gasteiger partial charge in [0, 0.05) is 17.4 Å². The van der Waals surface area contributed by atoms with E-state index in [1.54, 1.807) is 37.6 Å². The van der Waals surface area contributed by atoms with E-state index in [-0.39, 0.29) is 29.7 Å². The van der Waals surface area contributed by atoms with Crippen LogP contribution >= 0.6 is 18.7 Å². The Balaban J connectivity index is 1.50. The topological polar surface area (TPSA) is 78.5 Å². The number of rotatable bonds is 5. The SMILES string of the molecule is CP(C)(=O)c1ccccc1-c1ccc(N2CC[C@@H](NC(=O)Nc3ccc(C(F)(F)F)cc3F)C2=O)c(F)c1Cl. The number of halogens is 6. The second kappa shape index (κ2) is 10.6. The van der Waals surface area contributed by atoms with Gasteiger partial charge < -0.3 is 20.1 Å². The molecular formula is C26H22ClF5N3O3P. The number of nitrogens with zero attached hydrogens (tertiary/aromatic N) is 1. The zero-order valence-electron chi connectivity index (χ0n) is 20.6. The fourth-order valence-electron chi connectivity index (χ4n) is 4.29. The number of nitrogens with one attached hydrogen (secondary N) is 2. The number of amides is 3. The largest absolute Gasteiger partial charge is 0.416 e. The summed E-state index contributed by atoms with van der Waals surface area (Å²) in [6.45, 7) is 3.20. The molecule has 3 amide bonds. The Morgan fingerprint density at radius 1 is 1.05 bits per heavy atom. The van der Waals surface area contributed by atoms with Crippen molar-refractivity contribution in [1.29, 1.82) is 0 Å². The molecule has 0 spiro atoms. The first kappa shape index (κ1) is 28.6. The Bertz CT molecular complexity index is 1510. The normalized spacial score (nSPS) is 15.9. The van der Waals surface area contributed by atoms with E-state index in [1.807, 2.05) is 0 Å². The molecule has 2 N–H and O–H groups in total. The minimum atomic E-state index is -4.75. The van der Waals surface area contributed by atoms with Crippen molar-refractivity contribution in [3.05, 3.63) is 76.8 Å². The summed E-state index contributed by atoms with van der Waals surface area (Å²) in [4.78, 5) is 26.4. The highest BCUT2D eigenvalue weighted by Gasteiger charge is 2.36. The molecule has 4 rings (SSSR count). The van der Waals surface area contributed by atoms with Crippen molar-refractivity contribution in [1.82, 2.24) is 5.32 Å². The van der Waals surface area contributed by atoms with Crippen molar-refractivity contribution in [3.8, 4) is 11.1 Å². The van der Waals surface area contributed by atoms with Gasteiger partial charge in [-0.2, -0.15) is 13.2 Å². The van der Waals surface area contributed by atoms with E-state index < -0.39 is 54.2 Å². The van der Waals surface area contributed by atoms with E-state index in [1.165, 1.54) is 12.1 Å². The molecule has 1 heterocycles. The molecule has 1 aliphatic rings. The third kappa shape index (κ3) is 5.94. The van der Waals surface area contributed by atoms with Gasteiger partial charge in [0.05, 0.1) is 22.0 Å². The molecule has 0 saturated carbocycles. The Labute approximate surface area is 225 Å². The molecule has 0 unspecified atom stereocenters. The number of hydrogen-bond donors (Lipinski definition) is 2. The van der Waals surface area contributed by atoms with Crippen molar-refractivity contribution < 1.29 is 36.1 Å². The zero-order valence-corrected chi connectivity index (χ0v) is 22.2. The van der Waals surface area contributed by atoms with Crippen LogP contribution in [0.1, 0.15) is 12.0 Å². The molecule has 206 valence electrons. The maximum Gasteiger partial charge on any atom is 0.416 e. The second-order valence-electron chi connectivity index (χ2n) is 9.25. The Morgan fingerprint density at radius 2 is 1.74 bits per heavy atom. The average molecular weight is 586 g/mol.